The van der Waals surface area contributed by atoms with Crippen molar-refractivity contribution in [3.8, 4) is 5.88 Å². The van der Waals surface area contributed by atoms with E-state index in [-0.39, 0.29) is 18.0 Å². The molecule has 22 heavy (non-hydrogen) atoms. The number of alkyl halides is 2. The first-order valence-corrected chi connectivity index (χ1v) is 6.71. The molecular weight excluding hydrogens is 296 g/mol. The molecule has 0 radical (unpaired) electrons. The molecule has 8 heteroatoms. The molecule has 0 fully saturated rings. The van der Waals surface area contributed by atoms with Crippen LogP contribution in [0.3, 0.4) is 0 Å². The van der Waals surface area contributed by atoms with Crippen LogP contribution in [0.1, 0.15) is 35.4 Å². The van der Waals surface area contributed by atoms with E-state index in [1.807, 2.05) is 6.92 Å². The molecule has 6 nitrogen and oxygen atoms in total. The lowest BCUT2D eigenvalue weighted by atomic mass is 10.2. The van der Waals surface area contributed by atoms with E-state index in [1.165, 1.54) is 12.1 Å². The SMILES string of the molecule is CCCc1ncc(CNC(=O)c2ccc(OC(F)F)nc2)o1. The minimum absolute atomic E-state index is 0.185. The summed E-state index contributed by atoms with van der Waals surface area (Å²) in [6, 6.07) is 2.55. The molecule has 2 aromatic heterocycles. The highest BCUT2D eigenvalue weighted by atomic mass is 19.3. The van der Waals surface area contributed by atoms with Crippen LogP contribution in [0.4, 0.5) is 8.78 Å². The molecule has 0 aliphatic carbocycles. The van der Waals surface area contributed by atoms with Gasteiger partial charge < -0.3 is 14.5 Å². The fraction of sp³-hybridized carbons (Fsp3) is 0.357. The van der Waals surface area contributed by atoms with Gasteiger partial charge in [0.05, 0.1) is 18.3 Å². The number of amides is 1. The summed E-state index contributed by atoms with van der Waals surface area (Å²) in [6.45, 7) is -0.749. The maximum Gasteiger partial charge on any atom is 0.388 e. The number of rotatable bonds is 7. The molecule has 0 bridgehead atoms. The van der Waals surface area contributed by atoms with Crippen LogP contribution < -0.4 is 10.1 Å². The Labute approximate surface area is 125 Å². The topological polar surface area (TPSA) is 77.2 Å². The zero-order valence-electron chi connectivity index (χ0n) is 11.9. The number of aromatic nitrogens is 2. The van der Waals surface area contributed by atoms with E-state index in [9.17, 15) is 13.6 Å². The zero-order chi connectivity index (χ0) is 15.9. The maximum atomic E-state index is 12.0. The molecule has 0 aromatic carbocycles. The number of hydrogen-bond donors (Lipinski definition) is 1. The average Bonchev–Trinajstić information content (AvgIpc) is 2.93. The lowest BCUT2D eigenvalue weighted by molar-refractivity contribution is -0.0528. The van der Waals surface area contributed by atoms with Gasteiger partial charge in [-0.2, -0.15) is 8.78 Å². The number of carbonyl (C=O) groups excluding carboxylic acids is 1. The summed E-state index contributed by atoms with van der Waals surface area (Å²) >= 11 is 0. The first-order chi connectivity index (χ1) is 10.6. The van der Waals surface area contributed by atoms with Gasteiger partial charge in [0, 0.05) is 18.7 Å². The molecule has 2 heterocycles. The van der Waals surface area contributed by atoms with Gasteiger partial charge in [0.2, 0.25) is 5.88 Å². The van der Waals surface area contributed by atoms with Crippen molar-refractivity contribution < 1.29 is 22.7 Å². The van der Waals surface area contributed by atoms with Crippen molar-refractivity contribution in [1.82, 2.24) is 15.3 Å². The second-order valence-corrected chi connectivity index (χ2v) is 4.42. The van der Waals surface area contributed by atoms with E-state index in [1.54, 1.807) is 6.20 Å². The van der Waals surface area contributed by atoms with Gasteiger partial charge in [-0.1, -0.05) is 6.92 Å². The van der Waals surface area contributed by atoms with Crippen molar-refractivity contribution in [2.45, 2.75) is 32.9 Å². The number of hydrogen-bond acceptors (Lipinski definition) is 5. The second kappa shape index (κ2) is 7.48. The van der Waals surface area contributed by atoms with Gasteiger partial charge >= 0.3 is 6.61 Å². The van der Waals surface area contributed by atoms with Crippen molar-refractivity contribution >= 4 is 5.91 Å². The number of halogens is 2. The van der Waals surface area contributed by atoms with E-state index < -0.39 is 12.5 Å². The highest BCUT2D eigenvalue weighted by Gasteiger charge is 2.10. The molecule has 0 aliphatic rings. The molecule has 1 N–H and O–H groups in total. The molecule has 1 amide bonds. The Morgan fingerprint density at radius 3 is 2.82 bits per heavy atom. The quantitative estimate of drug-likeness (QED) is 0.850. The van der Waals surface area contributed by atoms with Crippen LogP contribution in [-0.2, 0) is 13.0 Å². The first kappa shape index (κ1) is 15.9. The van der Waals surface area contributed by atoms with Gasteiger partial charge in [0.1, 0.15) is 5.76 Å². The zero-order valence-corrected chi connectivity index (χ0v) is 11.9. The van der Waals surface area contributed by atoms with Crippen molar-refractivity contribution in [3.63, 3.8) is 0 Å². The largest absolute Gasteiger partial charge is 0.444 e. The van der Waals surface area contributed by atoms with Crippen LogP contribution in [0.2, 0.25) is 0 Å². The average molecular weight is 311 g/mol. The van der Waals surface area contributed by atoms with Gasteiger partial charge in [0.25, 0.3) is 5.91 Å². The van der Waals surface area contributed by atoms with Crippen LogP contribution in [0, 0.1) is 0 Å². The summed E-state index contributed by atoms with van der Waals surface area (Å²) in [5.74, 6) is 0.528. The Morgan fingerprint density at radius 2 is 2.18 bits per heavy atom. The second-order valence-electron chi connectivity index (χ2n) is 4.42. The number of oxazole rings is 1. The van der Waals surface area contributed by atoms with Crippen LogP contribution in [0.25, 0.3) is 0 Å². The molecule has 0 aliphatic heterocycles. The number of aryl methyl sites for hydroxylation is 1. The Morgan fingerprint density at radius 1 is 1.36 bits per heavy atom. The fourth-order valence-electron chi connectivity index (χ4n) is 1.70. The van der Waals surface area contributed by atoms with Crippen LogP contribution in [0.5, 0.6) is 5.88 Å². The number of nitrogens with zero attached hydrogens (tertiary/aromatic N) is 2. The smallest absolute Gasteiger partial charge is 0.388 e. The van der Waals surface area contributed by atoms with Gasteiger partial charge in [-0.15, -0.1) is 0 Å². The molecule has 0 spiro atoms. The Balaban J connectivity index is 1.88. The number of pyridine rings is 1. The minimum atomic E-state index is -2.95. The third kappa shape index (κ3) is 4.51. The molecule has 0 unspecified atom stereocenters. The third-order valence-corrected chi connectivity index (χ3v) is 2.70. The van der Waals surface area contributed by atoms with E-state index >= 15 is 0 Å². The predicted molar refractivity (Wildman–Crippen MR) is 72.5 cm³/mol. The summed E-state index contributed by atoms with van der Waals surface area (Å²) in [5.41, 5.74) is 0.231. The molecule has 118 valence electrons. The van der Waals surface area contributed by atoms with E-state index in [0.717, 1.165) is 19.0 Å². The monoisotopic (exact) mass is 311 g/mol. The summed E-state index contributed by atoms with van der Waals surface area (Å²) in [5, 5.41) is 2.63. The van der Waals surface area contributed by atoms with Crippen LogP contribution in [0.15, 0.2) is 28.9 Å². The highest BCUT2D eigenvalue weighted by Crippen LogP contribution is 2.11. The first-order valence-electron chi connectivity index (χ1n) is 6.71. The Kier molecular flexibility index (Phi) is 5.40. The summed E-state index contributed by atoms with van der Waals surface area (Å²) in [4.78, 5) is 19.6. The molecular formula is C14H15F2N3O3. The number of carbonyl (C=O) groups is 1. The molecule has 2 aromatic rings. The lowest BCUT2D eigenvalue weighted by Gasteiger charge is -2.05. The van der Waals surface area contributed by atoms with Crippen LogP contribution in [-0.4, -0.2) is 22.5 Å². The van der Waals surface area contributed by atoms with E-state index in [4.69, 9.17) is 4.42 Å². The van der Waals surface area contributed by atoms with Gasteiger partial charge in [-0.3, -0.25) is 4.79 Å². The highest BCUT2D eigenvalue weighted by molar-refractivity contribution is 5.93. The van der Waals surface area contributed by atoms with Crippen molar-refractivity contribution in [1.29, 1.82) is 0 Å². The number of nitrogens with one attached hydrogen (secondary N) is 1. The van der Waals surface area contributed by atoms with Gasteiger partial charge in [-0.05, 0) is 12.5 Å². The third-order valence-electron chi connectivity index (χ3n) is 2.70. The van der Waals surface area contributed by atoms with Crippen molar-refractivity contribution in [3.05, 3.63) is 41.7 Å². The standard InChI is InChI=1S/C14H15F2N3O3/c1-2-3-11-18-7-10(21-11)8-19-13(20)9-4-5-12(17-6-9)22-14(15)16/h4-7,14H,2-3,8H2,1H3,(H,19,20). The van der Waals surface area contributed by atoms with E-state index in [0.29, 0.717) is 11.7 Å². The minimum Gasteiger partial charge on any atom is -0.444 e. The molecule has 0 atom stereocenters. The summed E-state index contributed by atoms with van der Waals surface area (Å²) < 4.78 is 33.5. The predicted octanol–water partition coefficient (Wildman–Crippen LogP) is 2.55. The molecule has 2 rings (SSSR count). The Bertz CT molecular complexity index is 614. The fourth-order valence-corrected chi connectivity index (χ4v) is 1.70. The van der Waals surface area contributed by atoms with Crippen molar-refractivity contribution in [2.75, 3.05) is 0 Å². The van der Waals surface area contributed by atoms with Gasteiger partial charge in [-0.25, -0.2) is 9.97 Å². The number of ether oxygens (including phenoxy) is 1. The van der Waals surface area contributed by atoms with Gasteiger partial charge in [0.15, 0.2) is 5.89 Å². The summed E-state index contributed by atoms with van der Waals surface area (Å²) in [6.07, 6.45) is 4.38. The van der Waals surface area contributed by atoms with Crippen LogP contribution >= 0.6 is 0 Å². The molecule has 0 saturated heterocycles. The normalized spacial score (nSPS) is 10.7. The lowest BCUT2D eigenvalue weighted by Crippen LogP contribution is -2.22. The van der Waals surface area contributed by atoms with Crippen molar-refractivity contribution in [2.24, 2.45) is 0 Å². The summed E-state index contributed by atoms with van der Waals surface area (Å²) in [7, 11) is 0. The Hall–Kier alpha value is -2.51. The van der Waals surface area contributed by atoms with E-state index in [2.05, 4.69) is 20.0 Å². The maximum absolute atomic E-state index is 12.0. The molecule has 0 saturated carbocycles.